The minimum atomic E-state index is -0.273. The summed E-state index contributed by atoms with van der Waals surface area (Å²) in [5, 5.41) is 2.33. The highest BCUT2D eigenvalue weighted by molar-refractivity contribution is 9.10. The lowest BCUT2D eigenvalue weighted by atomic mass is 9.81. The zero-order chi connectivity index (χ0) is 20.7. The van der Waals surface area contributed by atoms with Crippen molar-refractivity contribution in [3.05, 3.63) is 112 Å². The molecule has 5 rings (SSSR count). The topological polar surface area (TPSA) is 20.3 Å². The zero-order valence-corrected chi connectivity index (χ0v) is 17.8. The third-order valence-electron chi connectivity index (χ3n) is 5.79. The molecule has 0 fully saturated rings. The number of hydrogen-bond donors (Lipinski definition) is 0. The van der Waals surface area contributed by atoms with E-state index in [1.807, 2.05) is 35.2 Å². The largest absolute Gasteiger partial charge is 0.308 e. The van der Waals surface area contributed by atoms with Gasteiger partial charge in [0.15, 0.2) is 0 Å². The monoisotopic (exact) mass is 459 g/mol. The number of amides is 1. The standard InChI is InChI=1S/C26H19BrFNO/c27-20-10-7-19(8-11-20)23-15-25(30)29(16-17-5-12-21(28)13-6-17)24-14-9-18-3-1-2-4-22(18)26(23)24/h1-14,23H,15-16H2. The minimum Gasteiger partial charge on any atom is -0.308 e. The van der Waals surface area contributed by atoms with Crippen molar-refractivity contribution in [2.45, 2.75) is 18.9 Å². The minimum absolute atomic E-state index is 0.00355. The van der Waals surface area contributed by atoms with Gasteiger partial charge >= 0.3 is 0 Å². The molecule has 1 unspecified atom stereocenters. The predicted molar refractivity (Wildman–Crippen MR) is 122 cm³/mol. The van der Waals surface area contributed by atoms with E-state index in [0.29, 0.717) is 13.0 Å². The Balaban J connectivity index is 1.66. The molecule has 1 atom stereocenters. The molecule has 2 nitrogen and oxygen atoms in total. The highest BCUT2D eigenvalue weighted by Crippen LogP contribution is 2.44. The smallest absolute Gasteiger partial charge is 0.228 e. The number of rotatable bonds is 3. The Labute approximate surface area is 183 Å². The lowest BCUT2D eigenvalue weighted by Gasteiger charge is -2.35. The van der Waals surface area contributed by atoms with Crippen molar-refractivity contribution in [1.82, 2.24) is 0 Å². The van der Waals surface area contributed by atoms with Crippen LogP contribution < -0.4 is 4.90 Å². The fourth-order valence-electron chi connectivity index (χ4n) is 4.33. The molecule has 30 heavy (non-hydrogen) atoms. The summed E-state index contributed by atoms with van der Waals surface area (Å²) >= 11 is 3.50. The maximum Gasteiger partial charge on any atom is 0.228 e. The molecule has 0 saturated heterocycles. The van der Waals surface area contributed by atoms with Crippen molar-refractivity contribution in [2.24, 2.45) is 0 Å². The summed E-state index contributed by atoms with van der Waals surface area (Å²) < 4.78 is 14.4. The van der Waals surface area contributed by atoms with E-state index >= 15 is 0 Å². The molecule has 0 N–H and O–H groups in total. The van der Waals surface area contributed by atoms with E-state index in [2.05, 4.69) is 46.3 Å². The quantitative estimate of drug-likeness (QED) is 0.329. The van der Waals surface area contributed by atoms with Crippen LogP contribution in [-0.4, -0.2) is 5.91 Å². The Morgan fingerprint density at radius 3 is 2.40 bits per heavy atom. The van der Waals surface area contributed by atoms with Gasteiger partial charge in [-0.1, -0.05) is 70.5 Å². The van der Waals surface area contributed by atoms with E-state index in [1.54, 1.807) is 12.1 Å². The fourth-order valence-corrected chi connectivity index (χ4v) is 4.60. The lowest BCUT2D eigenvalue weighted by molar-refractivity contribution is -0.119. The second-order valence-corrected chi connectivity index (χ2v) is 8.55. The highest BCUT2D eigenvalue weighted by atomic mass is 79.9. The van der Waals surface area contributed by atoms with E-state index < -0.39 is 0 Å². The predicted octanol–water partition coefficient (Wildman–Crippen LogP) is 6.81. The lowest BCUT2D eigenvalue weighted by Crippen LogP contribution is -2.36. The van der Waals surface area contributed by atoms with Crippen LogP contribution in [0.15, 0.2) is 89.4 Å². The second-order valence-electron chi connectivity index (χ2n) is 7.63. The zero-order valence-electron chi connectivity index (χ0n) is 16.2. The number of hydrogen-bond acceptors (Lipinski definition) is 1. The number of halogens is 2. The van der Waals surface area contributed by atoms with E-state index in [-0.39, 0.29) is 17.6 Å². The van der Waals surface area contributed by atoms with Crippen LogP contribution in [0.4, 0.5) is 10.1 Å². The maximum absolute atomic E-state index is 13.3. The average Bonchev–Trinajstić information content (AvgIpc) is 2.77. The SMILES string of the molecule is O=C1CC(c2ccc(Br)cc2)c2c(ccc3ccccc23)N1Cc1ccc(F)cc1. The summed E-state index contributed by atoms with van der Waals surface area (Å²) in [6, 6.07) is 27.0. The number of carbonyl (C=O) groups excluding carboxylic acids is 1. The number of anilines is 1. The first-order valence-corrected chi connectivity index (χ1v) is 10.7. The summed E-state index contributed by atoms with van der Waals surface area (Å²) in [6.45, 7) is 0.428. The third-order valence-corrected chi connectivity index (χ3v) is 6.32. The molecule has 4 heteroatoms. The van der Waals surface area contributed by atoms with E-state index in [0.717, 1.165) is 26.7 Å². The van der Waals surface area contributed by atoms with Crippen molar-refractivity contribution < 1.29 is 9.18 Å². The van der Waals surface area contributed by atoms with Gasteiger partial charge in [-0.05, 0) is 57.8 Å². The maximum atomic E-state index is 13.3. The summed E-state index contributed by atoms with van der Waals surface area (Å²) in [5.74, 6) is -0.198. The summed E-state index contributed by atoms with van der Waals surface area (Å²) in [6.07, 6.45) is 0.407. The number of nitrogens with zero attached hydrogens (tertiary/aromatic N) is 1. The van der Waals surface area contributed by atoms with Crippen LogP contribution in [0.2, 0.25) is 0 Å². The van der Waals surface area contributed by atoms with Gasteiger partial charge in [-0.25, -0.2) is 4.39 Å². The first kappa shape index (κ1) is 19.0. The van der Waals surface area contributed by atoms with Crippen molar-refractivity contribution in [3.63, 3.8) is 0 Å². The Hall–Kier alpha value is -2.98. The van der Waals surface area contributed by atoms with Gasteiger partial charge in [0.25, 0.3) is 0 Å². The van der Waals surface area contributed by atoms with Gasteiger partial charge < -0.3 is 4.90 Å². The van der Waals surface area contributed by atoms with Gasteiger partial charge in [-0.3, -0.25) is 4.79 Å². The van der Waals surface area contributed by atoms with Crippen LogP contribution in [0.1, 0.15) is 29.0 Å². The van der Waals surface area contributed by atoms with Gasteiger partial charge in [-0.2, -0.15) is 0 Å². The van der Waals surface area contributed by atoms with Gasteiger partial charge in [0, 0.05) is 22.5 Å². The molecule has 0 aromatic heterocycles. The summed E-state index contributed by atoms with van der Waals surface area (Å²) in [4.78, 5) is 15.1. The van der Waals surface area contributed by atoms with Gasteiger partial charge in [0.1, 0.15) is 5.82 Å². The Bertz CT molecular complexity index is 1230. The number of carbonyl (C=O) groups is 1. The third kappa shape index (κ3) is 3.41. The van der Waals surface area contributed by atoms with Crippen molar-refractivity contribution in [2.75, 3.05) is 4.90 Å². The molecule has 0 bridgehead atoms. The molecule has 0 aliphatic carbocycles. The highest BCUT2D eigenvalue weighted by Gasteiger charge is 2.33. The molecular weight excluding hydrogens is 441 g/mol. The molecule has 0 radical (unpaired) electrons. The molecule has 1 aliphatic rings. The normalized spacial score (nSPS) is 16.0. The van der Waals surface area contributed by atoms with Crippen molar-refractivity contribution >= 4 is 38.3 Å². The number of benzene rings is 4. The van der Waals surface area contributed by atoms with Crippen LogP contribution in [-0.2, 0) is 11.3 Å². The van der Waals surface area contributed by atoms with Gasteiger partial charge in [-0.15, -0.1) is 0 Å². The van der Waals surface area contributed by atoms with Crippen LogP contribution in [0.3, 0.4) is 0 Å². The first-order valence-electron chi connectivity index (χ1n) is 9.92. The van der Waals surface area contributed by atoms with Crippen LogP contribution in [0.5, 0.6) is 0 Å². The molecule has 0 spiro atoms. The van der Waals surface area contributed by atoms with E-state index in [1.165, 1.54) is 23.1 Å². The molecule has 1 aliphatic heterocycles. The Morgan fingerprint density at radius 1 is 0.900 bits per heavy atom. The molecule has 1 amide bonds. The Kier molecular flexibility index (Phi) is 4.87. The second kappa shape index (κ2) is 7.69. The molecule has 148 valence electrons. The van der Waals surface area contributed by atoms with E-state index in [9.17, 15) is 9.18 Å². The van der Waals surface area contributed by atoms with E-state index in [4.69, 9.17) is 0 Å². The summed E-state index contributed by atoms with van der Waals surface area (Å²) in [5.41, 5.74) is 4.15. The van der Waals surface area contributed by atoms with Gasteiger partial charge in [0.2, 0.25) is 5.91 Å². The van der Waals surface area contributed by atoms with Crippen molar-refractivity contribution in [1.29, 1.82) is 0 Å². The van der Waals surface area contributed by atoms with Crippen molar-refractivity contribution in [3.8, 4) is 0 Å². The number of fused-ring (bicyclic) bond motifs is 3. The molecule has 4 aromatic rings. The Morgan fingerprint density at radius 2 is 1.63 bits per heavy atom. The summed E-state index contributed by atoms with van der Waals surface area (Å²) in [7, 11) is 0. The first-order chi connectivity index (χ1) is 14.6. The van der Waals surface area contributed by atoms with Crippen LogP contribution >= 0.6 is 15.9 Å². The molecule has 4 aromatic carbocycles. The van der Waals surface area contributed by atoms with Gasteiger partial charge in [0.05, 0.1) is 6.54 Å². The molecular formula is C26H19BrFNO. The average molecular weight is 460 g/mol. The molecule has 0 saturated carbocycles. The molecule has 1 heterocycles. The van der Waals surface area contributed by atoms with Crippen LogP contribution in [0.25, 0.3) is 10.8 Å². The van der Waals surface area contributed by atoms with Crippen LogP contribution in [0, 0.1) is 5.82 Å². The fraction of sp³-hybridized carbons (Fsp3) is 0.115.